The Labute approximate surface area is 86.9 Å². The first-order chi connectivity index (χ1) is 6.79. The summed E-state index contributed by atoms with van der Waals surface area (Å²) in [5.74, 6) is 0.209. The molecule has 0 amide bonds. The van der Waals surface area contributed by atoms with E-state index in [9.17, 15) is 0 Å². The van der Waals surface area contributed by atoms with Crippen LogP contribution >= 0.6 is 11.3 Å². The predicted octanol–water partition coefficient (Wildman–Crippen LogP) is 3.08. The van der Waals surface area contributed by atoms with Crippen LogP contribution in [0.2, 0.25) is 0 Å². The van der Waals surface area contributed by atoms with Gasteiger partial charge < -0.3 is 5.11 Å². The first kappa shape index (κ1) is 9.21. The van der Waals surface area contributed by atoms with Gasteiger partial charge in [-0.1, -0.05) is 6.92 Å². The molecule has 0 aliphatic heterocycles. The van der Waals surface area contributed by atoms with Crippen molar-refractivity contribution in [3.63, 3.8) is 0 Å². The molecule has 0 aliphatic rings. The molecule has 3 heteroatoms. The van der Waals surface area contributed by atoms with Crippen LogP contribution in [0.3, 0.4) is 0 Å². The highest BCUT2D eigenvalue weighted by atomic mass is 32.1. The number of pyridine rings is 1. The van der Waals surface area contributed by atoms with Gasteiger partial charge in [0.05, 0.1) is 16.8 Å². The highest BCUT2D eigenvalue weighted by Crippen LogP contribution is 2.26. The molecular weight excluding hydrogens is 194 g/mol. The molecule has 0 spiro atoms. The van der Waals surface area contributed by atoms with E-state index in [1.54, 1.807) is 17.4 Å². The highest BCUT2D eigenvalue weighted by molar-refractivity contribution is 7.13. The first-order valence-electron chi connectivity index (χ1n) is 4.52. The molecule has 2 nitrogen and oxygen atoms in total. The number of aromatic nitrogens is 1. The summed E-state index contributed by atoms with van der Waals surface area (Å²) < 4.78 is 0. The van der Waals surface area contributed by atoms with Gasteiger partial charge in [-0.2, -0.15) is 0 Å². The van der Waals surface area contributed by atoms with Gasteiger partial charge in [0.25, 0.3) is 0 Å². The number of thiophene rings is 1. The van der Waals surface area contributed by atoms with E-state index in [0.29, 0.717) is 0 Å². The first-order valence-corrected chi connectivity index (χ1v) is 5.40. The summed E-state index contributed by atoms with van der Waals surface area (Å²) in [6, 6.07) is 5.64. The van der Waals surface area contributed by atoms with Gasteiger partial charge in [-0.3, -0.25) is 4.98 Å². The minimum absolute atomic E-state index is 0.209. The zero-order chi connectivity index (χ0) is 9.97. The third-order valence-corrected chi connectivity index (χ3v) is 3.06. The summed E-state index contributed by atoms with van der Waals surface area (Å²) >= 11 is 1.69. The molecule has 0 radical (unpaired) electrons. The van der Waals surface area contributed by atoms with Crippen molar-refractivity contribution in [3.05, 3.63) is 35.3 Å². The second-order valence-electron chi connectivity index (χ2n) is 3.07. The Morgan fingerprint density at radius 3 is 2.86 bits per heavy atom. The summed E-state index contributed by atoms with van der Waals surface area (Å²) in [7, 11) is 0. The van der Waals surface area contributed by atoms with Crippen molar-refractivity contribution in [2.45, 2.75) is 13.3 Å². The fourth-order valence-corrected chi connectivity index (χ4v) is 2.20. The average molecular weight is 205 g/mol. The molecule has 0 fully saturated rings. The zero-order valence-electron chi connectivity index (χ0n) is 7.90. The predicted molar refractivity (Wildman–Crippen MR) is 58.6 cm³/mol. The largest absolute Gasteiger partial charge is 0.506 e. The molecule has 0 aromatic carbocycles. The van der Waals surface area contributed by atoms with E-state index < -0.39 is 0 Å². The van der Waals surface area contributed by atoms with Gasteiger partial charge in [-0.25, -0.2) is 0 Å². The number of aromatic hydroxyl groups is 1. The van der Waals surface area contributed by atoms with Crippen LogP contribution in [0.5, 0.6) is 5.75 Å². The zero-order valence-corrected chi connectivity index (χ0v) is 8.71. The molecule has 1 N–H and O–H groups in total. The van der Waals surface area contributed by atoms with Crippen LogP contribution in [-0.4, -0.2) is 10.1 Å². The van der Waals surface area contributed by atoms with E-state index >= 15 is 0 Å². The normalized spacial score (nSPS) is 10.4. The van der Waals surface area contributed by atoms with Crippen LogP contribution in [0.4, 0.5) is 0 Å². The fourth-order valence-electron chi connectivity index (χ4n) is 1.23. The topological polar surface area (TPSA) is 33.1 Å². The Hall–Kier alpha value is -1.35. The SMILES string of the molecule is CCc1csc(-c2ccc(O)cn2)c1. The van der Waals surface area contributed by atoms with Gasteiger partial charge in [0.2, 0.25) is 0 Å². The molecule has 0 aliphatic carbocycles. The van der Waals surface area contributed by atoms with Gasteiger partial charge in [-0.05, 0) is 35.6 Å². The van der Waals surface area contributed by atoms with Crippen LogP contribution in [0.1, 0.15) is 12.5 Å². The number of hydrogen-bond donors (Lipinski definition) is 1. The van der Waals surface area contributed by atoms with E-state index in [-0.39, 0.29) is 5.75 Å². The summed E-state index contributed by atoms with van der Waals surface area (Å²) in [6.07, 6.45) is 2.52. The number of hydrogen-bond acceptors (Lipinski definition) is 3. The lowest BCUT2D eigenvalue weighted by molar-refractivity contribution is 0.473. The molecule has 2 rings (SSSR count). The summed E-state index contributed by atoms with van der Waals surface area (Å²) in [5.41, 5.74) is 2.26. The van der Waals surface area contributed by atoms with Crippen LogP contribution in [0, 0.1) is 0 Å². The molecule has 2 aromatic heterocycles. The maximum atomic E-state index is 9.10. The smallest absolute Gasteiger partial charge is 0.133 e. The van der Waals surface area contributed by atoms with Gasteiger partial charge in [0.15, 0.2) is 0 Å². The van der Waals surface area contributed by atoms with Crippen LogP contribution in [-0.2, 0) is 6.42 Å². The minimum atomic E-state index is 0.209. The lowest BCUT2D eigenvalue weighted by atomic mass is 10.2. The maximum absolute atomic E-state index is 9.10. The number of nitrogens with zero attached hydrogens (tertiary/aromatic N) is 1. The molecule has 0 unspecified atom stereocenters. The molecule has 0 saturated heterocycles. The molecule has 2 heterocycles. The molecule has 0 saturated carbocycles. The second kappa shape index (κ2) is 3.80. The maximum Gasteiger partial charge on any atom is 0.133 e. The molecule has 0 bridgehead atoms. The van der Waals surface area contributed by atoms with Crippen molar-refractivity contribution in [2.75, 3.05) is 0 Å². The lowest BCUT2D eigenvalue weighted by Gasteiger charge is -1.95. The van der Waals surface area contributed by atoms with E-state index in [0.717, 1.165) is 17.0 Å². The van der Waals surface area contributed by atoms with E-state index in [4.69, 9.17) is 5.11 Å². The fraction of sp³-hybridized carbons (Fsp3) is 0.182. The van der Waals surface area contributed by atoms with Crippen molar-refractivity contribution in [1.82, 2.24) is 4.98 Å². The van der Waals surface area contributed by atoms with Crippen molar-refractivity contribution in [2.24, 2.45) is 0 Å². The van der Waals surface area contributed by atoms with Gasteiger partial charge in [0, 0.05) is 0 Å². The van der Waals surface area contributed by atoms with Crippen molar-refractivity contribution in [3.8, 4) is 16.3 Å². The third-order valence-electron chi connectivity index (χ3n) is 2.06. The summed E-state index contributed by atoms with van der Waals surface area (Å²) in [6.45, 7) is 2.14. The van der Waals surface area contributed by atoms with Crippen molar-refractivity contribution < 1.29 is 5.11 Å². The summed E-state index contributed by atoms with van der Waals surface area (Å²) in [4.78, 5) is 5.31. The Bertz CT molecular complexity index is 419. The average Bonchev–Trinajstić information content (AvgIpc) is 2.67. The third kappa shape index (κ3) is 1.77. The Morgan fingerprint density at radius 1 is 1.43 bits per heavy atom. The molecule has 72 valence electrons. The second-order valence-corrected chi connectivity index (χ2v) is 3.99. The standard InChI is InChI=1S/C11H11NOS/c1-2-8-5-11(14-7-8)10-4-3-9(13)6-12-10/h3-7,13H,2H2,1H3. The van der Waals surface area contributed by atoms with E-state index in [2.05, 4.69) is 23.4 Å². The Morgan fingerprint density at radius 2 is 2.29 bits per heavy atom. The molecule has 14 heavy (non-hydrogen) atoms. The van der Waals surface area contributed by atoms with Gasteiger partial charge >= 0.3 is 0 Å². The lowest BCUT2D eigenvalue weighted by Crippen LogP contribution is -1.78. The van der Waals surface area contributed by atoms with E-state index in [1.807, 2.05) is 6.07 Å². The van der Waals surface area contributed by atoms with Crippen LogP contribution < -0.4 is 0 Å². The van der Waals surface area contributed by atoms with E-state index in [1.165, 1.54) is 11.8 Å². The quantitative estimate of drug-likeness (QED) is 0.817. The number of rotatable bonds is 2. The summed E-state index contributed by atoms with van der Waals surface area (Å²) in [5, 5.41) is 11.2. The molecule has 2 aromatic rings. The van der Waals surface area contributed by atoms with Gasteiger partial charge in [-0.15, -0.1) is 11.3 Å². The molecule has 0 atom stereocenters. The van der Waals surface area contributed by atoms with Crippen LogP contribution in [0.15, 0.2) is 29.8 Å². The van der Waals surface area contributed by atoms with Crippen molar-refractivity contribution >= 4 is 11.3 Å². The van der Waals surface area contributed by atoms with Crippen molar-refractivity contribution in [1.29, 1.82) is 0 Å². The van der Waals surface area contributed by atoms with Crippen LogP contribution in [0.25, 0.3) is 10.6 Å². The monoisotopic (exact) mass is 205 g/mol. The Kier molecular flexibility index (Phi) is 2.50. The molecular formula is C11H11NOS. The number of aryl methyl sites for hydroxylation is 1. The minimum Gasteiger partial charge on any atom is -0.506 e. The Balaban J connectivity index is 2.34. The van der Waals surface area contributed by atoms with Gasteiger partial charge in [0.1, 0.15) is 5.75 Å². The highest BCUT2D eigenvalue weighted by Gasteiger charge is 2.02.